The van der Waals surface area contributed by atoms with Crippen LogP contribution in [-0.2, 0) is 19.1 Å². The van der Waals surface area contributed by atoms with Crippen LogP contribution in [0, 0.1) is 5.92 Å². The largest absolute Gasteiger partial charge is 0.459 e. The maximum atomic E-state index is 11.3. The summed E-state index contributed by atoms with van der Waals surface area (Å²) in [7, 11) is 0. The SMILES string of the molecule is CCCCCOCC1CC(C(C)=O)C(=O)O1. The Morgan fingerprint density at radius 1 is 1.50 bits per heavy atom. The number of cyclic esters (lactones) is 1. The molecule has 0 aromatic rings. The second-order valence-electron chi connectivity index (χ2n) is 4.24. The Balaban J connectivity index is 2.16. The monoisotopic (exact) mass is 228 g/mol. The second-order valence-corrected chi connectivity index (χ2v) is 4.24. The fraction of sp³-hybridized carbons (Fsp3) is 0.833. The van der Waals surface area contributed by atoms with Crippen molar-refractivity contribution in [3.05, 3.63) is 0 Å². The fourth-order valence-corrected chi connectivity index (χ4v) is 1.76. The molecule has 1 aliphatic heterocycles. The zero-order valence-corrected chi connectivity index (χ0v) is 10.0. The van der Waals surface area contributed by atoms with E-state index in [1.807, 2.05) is 0 Å². The van der Waals surface area contributed by atoms with E-state index in [1.165, 1.54) is 6.92 Å². The van der Waals surface area contributed by atoms with E-state index < -0.39 is 11.9 Å². The first kappa shape index (κ1) is 13.2. The lowest BCUT2D eigenvalue weighted by molar-refractivity contribution is -0.148. The summed E-state index contributed by atoms with van der Waals surface area (Å²) in [6.07, 6.45) is 3.59. The van der Waals surface area contributed by atoms with E-state index in [-0.39, 0.29) is 11.9 Å². The maximum absolute atomic E-state index is 11.3. The molecule has 16 heavy (non-hydrogen) atoms. The molecule has 0 amide bonds. The zero-order valence-electron chi connectivity index (χ0n) is 10.0. The molecule has 1 saturated heterocycles. The minimum atomic E-state index is -0.566. The smallest absolute Gasteiger partial charge is 0.316 e. The predicted octanol–water partition coefficient (Wildman–Crippen LogP) is 1.71. The summed E-state index contributed by atoms with van der Waals surface area (Å²) in [5.41, 5.74) is 0. The number of hydrogen-bond acceptors (Lipinski definition) is 4. The maximum Gasteiger partial charge on any atom is 0.316 e. The van der Waals surface area contributed by atoms with Gasteiger partial charge in [0.2, 0.25) is 0 Å². The number of hydrogen-bond donors (Lipinski definition) is 0. The molecule has 0 bridgehead atoms. The molecule has 2 unspecified atom stereocenters. The molecule has 92 valence electrons. The molecule has 2 atom stereocenters. The average molecular weight is 228 g/mol. The minimum Gasteiger partial charge on any atom is -0.459 e. The van der Waals surface area contributed by atoms with Gasteiger partial charge in [-0.2, -0.15) is 0 Å². The zero-order chi connectivity index (χ0) is 12.0. The number of rotatable bonds is 7. The Kier molecular flexibility index (Phi) is 5.46. The van der Waals surface area contributed by atoms with Crippen LogP contribution < -0.4 is 0 Å². The normalized spacial score (nSPS) is 24.5. The topological polar surface area (TPSA) is 52.6 Å². The van der Waals surface area contributed by atoms with Gasteiger partial charge in [0, 0.05) is 13.0 Å². The van der Waals surface area contributed by atoms with E-state index in [0.29, 0.717) is 19.6 Å². The Bertz CT molecular complexity index is 249. The fourth-order valence-electron chi connectivity index (χ4n) is 1.76. The summed E-state index contributed by atoms with van der Waals surface area (Å²) in [6, 6.07) is 0. The Labute approximate surface area is 96.3 Å². The van der Waals surface area contributed by atoms with Gasteiger partial charge in [-0.3, -0.25) is 9.59 Å². The van der Waals surface area contributed by atoms with Gasteiger partial charge in [0.05, 0.1) is 6.61 Å². The van der Waals surface area contributed by atoms with E-state index in [9.17, 15) is 9.59 Å². The third-order valence-electron chi connectivity index (χ3n) is 2.75. The van der Waals surface area contributed by atoms with E-state index in [2.05, 4.69) is 6.92 Å². The van der Waals surface area contributed by atoms with Gasteiger partial charge in [-0.1, -0.05) is 19.8 Å². The molecule has 0 N–H and O–H groups in total. The van der Waals surface area contributed by atoms with E-state index in [4.69, 9.17) is 9.47 Å². The molecular formula is C12H20O4. The number of ketones is 1. The number of Topliss-reactive ketones (excluding diaryl/α,β-unsaturated/α-hetero) is 1. The molecule has 1 rings (SSSR count). The number of ether oxygens (including phenoxy) is 2. The van der Waals surface area contributed by atoms with Crippen molar-refractivity contribution in [3.63, 3.8) is 0 Å². The highest BCUT2D eigenvalue weighted by Gasteiger charge is 2.37. The van der Waals surface area contributed by atoms with Crippen molar-refractivity contribution < 1.29 is 19.1 Å². The van der Waals surface area contributed by atoms with Gasteiger partial charge in [-0.15, -0.1) is 0 Å². The van der Waals surface area contributed by atoms with Gasteiger partial charge >= 0.3 is 5.97 Å². The average Bonchev–Trinajstić information content (AvgIpc) is 2.59. The van der Waals surface area contributed by atoms with Gasteiger partial charge in [0.25, 0.3) is 0 Å². The number of unbranched alkanes of at least 4 members (excludes halogenated alkanes) is 2. The molecule has 1 fully saturated rings. The van der Waals surface area contributed by atoms with Crippen LogP contribution in [0.25, 0.3) is 0 Å². The first-order valence-electron chi connectivity index (χ1n) is 5.93. The van der Waals surface area contributed by atoms with Crippen molar-refractivity contribution in [2.75, 3.05) is 13.2 Å². The van der Waals surface area contributed by atoms with Crippen LogP contribution in [0.15, 0.2) is 0 Å². The lowest BCUT2D eigenvalue weighted by Crippen LogP contribution is -2.16. The Morgan fingerprint density at radius 2 is 2.25 bits per heavy atom. The van der Waals surface area contributed by atoms with Crippen molar-refractivity contribution in [1.82, 2.24) is 0 Å². The Morgan fingerprint density at radius 3 is 2.81 bits per heavy atom. The number of carbonyl (C=O) groups is 2. The van der Waals surface area contributed by atoms with Crippen LogP contribution in [0.1, 0.15) is 39.5 Å². The van der Waals surface area contributed by atoms with E-state index in [0.717, 1.165) is 19.3 Å². The summed E-state index contributed by atoms with van der Waals surface area (Å²) in [4.78, 5) is 22.3. The van der Waals surface area contributed by atoms with Gasteiger partial charge in [0.1, 0.15) is 17.8 Å². The van der Waals surface area contributed by atoms with Crippen LogP contribution in [0.3, 0.4) is 0 Å². The van der Waals surface area contributed by atoms with Crippen molar-refractivity contribution in [1.29, 1.82) is 0 Å². The summed E-state index contributed by atoms with van der Waals surface area (Å²) >= 11 is 0. The van der Waals surface area contributed by atoms with E-state index >= 15 is 0 Å². The van der Waals surface area contributed by atoms with Gasteiger partial charge < -0.3 is 9.47 Å². The van der Waals surface area contributed by atoms with E-state index in [1.54, 1.807) is 0 Å². The third-order valence-corrected chi connectivity index (χ3v) is 2.75. The highest BCUT2D eigenvalue weighted by molar-refractivity contribution is 5.98. The molecule has 4 heteroatoms. The molecule has 0 aromatic carbocycles. The van der Waals surface area contributed by atoms with Crippen molar-refractivity contribution in [2.45, 2.75) is 45.6 Å². The van der Waals surface area contributed by atoms with Crippen LogP contribution in [0.5, 0.6) is 0 Å². The standard InChI is InChI=1S/C12H20O4/c1-3-4-5-6-15-8-10-7-11(9(2)13)12(14)16-10/h10-11H,3-8H2,1-2H3. The summed E-state index contributed by atoms with van der Waals surface area (Å²) < 4.78 is 10.5. The van der Waals surface area contributed by atoms with Crippen LogP contribution >= 0.6 is 0 Å². The predicted molar refractivity (Wildman–Crippen MR) is 59.0 cm³/mol. The summed E-state index contributed by atoms with van der Waals surface area (Å²) in [5.74, 6) is -1.07. The first-order valence-corrected chi connectivity index (χ1v) is 5.93. The van der Waals surface area contributed by atoms with Crippen LogP contribution in [-0.4, -0.2) is 31.1 Å². The lowest BCUT2D eigenvalue weighted by Gasteiger charge is -2.09. The van der Waals surface area contributed by atoms with Crippen molar-refractivity contribution in [2.24, 2.45) is 5.92 Å². The molecule has 0 saturated carbocycles. The molecular weight excluding hydrogens is 208 g/mol. The van der Waals surface area contributed by atoms with Crippen LogP contribution in [0.4, 0.5) is 0 Å². The highest BCUT2D eigenvalue weighted by Crippen LogP contribution is 2.22. The third kappa shape index (κ3) is 3.93. The number of esters is 1. The van der Waals surface area contributed by atoms with Gasteiger partial charge in [-0.05, 0) is 13.3 Å². The molecule has 0 spiro atoms. The molecule has 4 nitrogen and oxygen atoms in total. The lowest BCUT2D eigenvalue weighted by atomic mass is 10.0. The molecule has 0 aliphatic carbocycles. The minimum absolute atomic E-state index is 0.113. The highest BCUT2D eigenvalue weighted by atomic mass is 16.6. The van der Waals surface area contributed by atoms with Crippen LogP contribution in [0.2, 0.25) is 0 Å². The van der Waals surface area contributed by atoms with Crippen molar-refractivity contribution in [3.8, 4) is 0 Å². The summed E-state index contributed by atoms with van der Waals surface area (Å²) in [5, 5.41) is 0. The molecule has 0 aromatic heterocycles. The molecule has 1 aliphatic rings. The Hall–Kier alpha value is -0.900. The quantitative estimate of drug-likeness (QED) is 0.378. The number of carbonyl (C=O) groups excluding carboxylic acids is 2. The summed E-state index contributed by atoms with van der Waals surface area (Å²) in [6.45, 7) is 4.68. The molecule has 0 radical (unpaired) electrons. The van der Waals surface area contributed by atoms with Gasteiger partial charge in [0.15, 0.2) is 0 Å². The second kappa shape index (κ2) is 6.63. The molecule has 1 heterocycles. The van der Waals surface area contributed by atoms with Gasteiger partial charge in [-0.25, -0.2) is 0 Å². The van der Waals surface area contributed by atoms with Crippen molar-refractivity contribution >= 4 is 11.8 Å². The first-order chi connectivity index (χ1) is 7.65.